The van der Waals surface area contributed by atoms with E-state index in [2.05, 4.69) is 24.0 Å². The minimum atomic E-state index is -0.708. The molecule has 0 spiro atoms. The molecule has 1 aliphatic rings. The van der Waals surface area contributed by atoms with Crippen LogP contribution in [0.15, 0.2) is 35.3 Å². The third-order valence-electron chi connectivity index (χ3n) is 6.03. The quantitative estimate of drug-likeness (QED) is 0.394. The van der Waals surface area contributed by atoms with E-state index in [-0.39, 0.29) is 5.91 Å². The zero-order valence-corrected chi connectivity index (χ0v) is 21.2. The largest absolute Gasteiger partial charge is 0.343 e. The Morgan fingerprint density at radius 1 is 1.16 bits per heavy atom. The maximum absolute atomic E-state index is 12.5. The van der Waals surface area contributed by atoms with Gasteiger partial charge in [0.25, 0.3) is 5.91 Å². The Kier molecular flexibility index (Phi) is 6.23. The molecule has 8 heteroatoms. The lowest BCUT2D eigenvalue weighted by Gasteiger charge is -2.27. The zero-order chi connectivity index (χ0) is 23.2. The molecule has 0 unspecified atom stereocenters. The number of carbonyl (C=O) groups excluding carboxylic acids is 1. The fraction of sp³-hybridized carbons (Fsp3) is 0.375. The van der Waals surface area contributed by atoms with Crippen LogP contribution in [-0.4, -0.2) is 39.0 Å². The van der Waals surface area contributed by atoms with E-state index in [1.165, 1.54) is 4.88 Å². The number of aryl methyl sites for hydroxylation is 1. The zero-order valence-electron chi connectivity index (χ0n) is 18.9. The summed E-state index contributed by atoms with van der Waals surface area (Å²) in [5.74, 6) is 0.401. The van der Waals surface area contributed by atoms with E-state index in [4.69, 9.17) is 28.3 Å². The molecule has 5 nitrogen and oxygen atoms in total. The van der Waals surface area contributed by atoms with Gasteiger partial charge in [-0.1, -0.05) is 36.5 Å². The van der Waals surface area contributed by atoms with Gasteiger partial charge in [0.2, 0.25) is 0 Å². The van der Waals surface area contributed by atoms with Crippen molar-refractivity contribution in [2.24, 2.45) is 4.99 Å². The molecule has 0 fully saturated rings. The highest BCUT2D eigenvalue weighted by molar-refractivity contribution is 7.15. The fourth-order valence-corrected chi connectivity index (χ4v) is 5.37. The smallest absolute Gasteiger partial charge is 0.273 e. The van der Waals surface area contributed by atoms with Gasteiger partial charge in [-0.05, 0) is 63.9 Å². The third kappa shape index (κ3) is 3.89. The first-order valence-corrected chi connectivity index (χ1v) is 12.2. The molecule has 2 aromatic heterocycles. The van der Waals surface area contributed by atoms with Crippen LogP contribution in [0.3, 0.4) is 0 Å². The lowest BCUT2D eigenvalue weighted by Crippen LogP contribution is -2.44. The van der Waals surface area contributed by atoms with Crippen LogP contribution in [0.1, 0.15) is 49.7 Å². The molecular formula is C24H26Cl2N4OS. The number of amides is 1. The number of hydrogen-bond acceptors (Lipinski definition) is 4. The number of nitrogens with zero attached hydrogens (tertiary/aromatic N) is 4. The van der Waals surface area contributed by atoms with Crippen LogP contribution in [0, 0.1) is 6.92 Å². The van der Waals surface area contributed by atoms with Gasteiger partial charge in [0.1, 0.15) is 11.2 Å². The molecule has 4 rings (SSSR count). The summed E-state index contributed by atoms with van der Waals surface area (Å²) in [5, 5.41) is 5.99. The van der Waals surface area contributed by atoms with Gasteiger partial charge in [0.05, 0.1) is 21.3 Å². The summed E-state index contributed by atoms with van der Waals surface area (Å²) >= 11 is 14.5. The predicted octanol–water partition coefficient (Wildman–Crippen LogP) is 6.56. The highest BCUT2D eigenvalue weighted by Crippen LogP contribution is 2.38. The van der Waals surface area contributed by atoms with Crippen molar-refractivity contribution in [3.05, 3.63) is 56.5 Å². The van der Waals surface area contributed by atoms with Crippen molar-refractivity contribution in [2.75, 3.05) is 7.05 Å². The second-order valence-corrected chi connectivity index (χ2v) is 10.6. The summed E-state index contributed by atoms with van der Waals surface area (Å²) < 4.78 is 1.85. The average Bonchev–Trinajstić information content (AvgIpc) is 3.38. The summed E-state index contributed by atoms with van der Waals surface area (Å²) in [6, 6.07) is 9.70. The molecule has 0 saturated carbocycles. The lowest BCUT2D eigenvalue weighted by atomic mass is 10.0. The maximum Gasteiger partial charge on any atom is 0.273 e. The number of halogens is 2. The van der Waals surface area contributed by atoms with E-state index < -0.39 is 5.54 Å². The molecule has 0 aliphatic carbocycles. The monoisotopic (exact) mass is 488 g/mol. The number of unbranched alkanes of at least 4 members (excludes halogenated alkanes) is 1. The van der Waals surface area contributed by atoms with Crippen molar-refractivity contribution >= 4 is 46.3 Å². The van der Waals surface area contributed by atoms with E-state index in [9.17, 15) is 4.79 Å². The van der Waals surface area contributed by atoms with Gasteiger partial charge < -0.3 is 4.90 Å². The lowest BCUT2D eigenvalue weighted by molar-refractivity contribution is -0.123. The van der Waals surface area contributed by atoms with Crippen LogP contribution in [0.4, 0.5) is 0 Å². The number of amidine groups is 1. The molecule has 168 valence electrons. The number of aliphatic imine (C=N–C) groups is 1. The second kappa shape index (κ2) is 8.65. The fourth-order valence-electron chi connectivity index (χ4n) is 3.74. The van der Waals surface area contributed by atoms with Gasteiger partial charge in [-0.3, -0.25) is 4.79 Å². The number of aromatic nitrogens is 2. The topological polar surface area (TPSA) is 50.5 Å². The molecule has 32 heavy (non-hydrogen) atoms. The van der Waals surface area contributed by atoms with Crippen LogP contribution in [0.5, 0.6) is 0 Å². The van der Waals surface area contributed by atoms with Crippen molar-refractivity contribution in [1.82, 2.24) is 14.7 Å². The molecule has 0 saturated heterocycles. The minimum absolute atomic E-state index is 0.173. The van der Waals surface area contributed by atoms with Crippen LogP contribution < -0.4 is 0 Å². The molecule has 3 aromatic rings. The number of benzene rings is 1. The Labute approximate surface area is 202 Å². The molecular weight excluding hydrogens is 463 g/mol. The number of hydrogen-bond donors (Lipinski definition) is 0. The molecule has 1 aromatic carbocycles. The number of carbonyl (C=O) groups is 1. The van der Waals surface area contributed by atoms with Gasteiger partial charge in [0.15, 0.2) is 5.84 Å². The van der Waals surface area contributed by atoms with Crippen LogP contribution in [-0.2, 0) is 11.2 Å². The normalized spacial score (nSPS) is 15.5. The first-order valence-electron chi connectivity index (χ1n) is 10.7. The molecule has 3 heterocycles. The van der Waals surface area contributed by atoms with Gasteiger partial charge in [0, 0.05) is 22.5 Å². The Morgan fingerprint density at radius 2 is 1.91 bits per heavy atom. The van der Waals surface area contributed by atoms with Crippen molar-refractivity contribution in [1.29, 1.82) is 0 Å². The number of likely N-dealkylation sites (N-methyl/N-ethyl adjacent to an activating group) is 1. The molecule has 0 bridgehead atoms. The Hall–Kier alpha value is -2.15. The van der Waals surface area contributed by atoms with Gasteiger partial charge in [-0.2, -0.15) is 10.1 Å². The Balaban J connectivity index is 1.91. The molecule has 0 atom stereocenters. The Morgan fingerprint density at radius 3 is 2.53 bits per heavy atom. The van der Waals surface area contributed by atoms with Gasteiger partial charge in [-0.15, -0.1) is 11.3 Å². The van der Waals surface area contributed by atoms with E-state index >= 15 is 0 Å². The standard InChI is InChI=1S/C24H26Cl2N4OS/c1-6-7-8-16-10-12-19(32-16)21-14(2)20(22-27-23(31)24(3,4)29(22)5)28-30(21)18-11-9-15(25)13-17(18)26/h9-13H,6-8H2,1-5H3. The molecule has 0 N–H and O–H groups in total. The summed E-state index contributed by atoms with van der Waals surface area (Å²) in [6.07, 6.45) is 3.37. The highest BCUT2D eigenvalue weighted by Gasteiger charge is 2.42. The van der Waals surface area contributed by atoms with Crippen LogP contribution in [0.2, 0.25) is 10.0 Å². The molecule has 1 amide bonds. The van der Waals surface area contributed by atoms with Crippen LogP contribution >= 0.6 is 34.5 Å². The van der Waals surface area contributed by atoms with Crippen molar-refractivity contribution in [3.8, 4) is 16.3 Å². The van der Waals surface area contributed by atoms with Gasteiger partial charge >= 0.3 is 0 Å². The van der Waals surface area contributed by atoms with Crippen LogP contribution in [0.25, 0.3) is 16.3 Å². The first-order chi connectivity index (χ1) is 15.1. The van der Waals surface area contributed by atoms with Crippen molar-refractivity contribution in [3.63, 3.8) is 0 Å². The summed E-state index contributed by atoms with van der Waals surface area (Å²) in [4.78, 5) is 21.2. The maximum atomic E-state index is 12.5. The van der Waals surface area contributed by atoms with Gasteiger partial charge in [-0.25, -0.2) is 4.68 Å². The summed E-state index contributed by atoms with van der Waals surface area (Å²) in [6.45, 7) is 7.96. The second-order valence-electron chi connectivity index (χ2n) is 8.56. The average molecular weight is 489 g/mol. The SMILES string of the molecule is CCCCc1ccc(-c2c(C)c(C3=NC(=O)C(C)(C)N3C)nn2-c2ccc(Cl)cc2Cl)s1. The highest BCUT2D eigenvalue weighted by atomic mass is 35.5. The third-order valence-corrected chi connectivity index (χ3v) is 7.72. The van der Waals surface area contributed by atoms with E-state index in [0.717, 1.165) is 41.1 Å². The van der Waals surface area contributed by atoms with Crippen molar-refractivity contribution < 1.29 is 4.79 Å². The number of thiophene rings is 1. The Bertz CT molecular complexity index is 1220. The molecule has 1 aliphatic heterocycles. The first kappa shape index (κ1) is 23.0. The van der Waals surface area contributed by atoms with Crippen molar-refractivity contribution in [2.45, 2.75) is 52.5 Å². The minimum Gasteiger partial charge on any atom is -0.343 e. The molecule has 0 radical (unpaired) electrons. The summed E-state index contributed by atoms with van der Waals surface area (Å²) in [7, 11) is 1.88. The van der Waals surface area contributed by atoms with E-state index in [0.29, 0.717) is 21.6 Å². The number of rotatable bonds is 6. The summed E-state index contributed by atoms with van der Waals surface area (Å²) in [5.41, 5.74) is 2.60. The predicted molar refractivity (Wildman–Crippen MR) is 134 cm³/mol. The van der Waals surface area contributed by atoms with E-state index in [1.807, 2.05) is 43.5 Å². The van der Waals surface area contributed by atoms with E-state index in [1.54, 1.807) is 23.5 Å².